The van der Waals surface area contributed by atoms with E-state index in [-0.39, 0.29) is 6.04 Å². The Morgan fingerprint density at radius 2 is 1.75 bits per heavy atom. The van der Waals surface area contributed by atoms with Crippen LogP contribution in [0.3, 0.4) is 0 Å². The van der Waals surface area contributed by atoms with Gasteiger partial charge in [-0.15, -0.1) is 0 Å². The summed E-state index contributed by atoms with van der Waals surface area (Å²) in [5, 5.41) is 7.73. The molecule has 0 spiro atoms. The molecule has 3 rings (SSSR count). The van der Waals surface area contributed by atoms with Gasteiger partial charge in [-0.2, -0.15) is 4.98 Å². The lowest BCUT2D eigenvalue weighted by atomic mass is 10.1. The number of nitrogens with one attached hydrogen (secondary N) is 2. The summed E-state index contributed by atoms with van der Waals surface area (Å²) in [7, 11) is 1.68. The van der Waals surface area contributed by atoms with Crippen LogP contribution in [0.4, 0.5) is 11.8 Å². The maximum absolute atomic E-state index is 5.07. The third kappa shape index (κ3) is 3.81. The van der Waals surface area contributed by atoms with Crippen LogP contribution < -0.4 is 10.6 Å². The molecule has 5 heteroatoms. The first-order valence-corrected chi connectivity index (χ1v) is 8.09. The van der Waals surface area contributed by atoms with Gasteiger partial charge in [-0.25, -0.2) is 4.98 Å². The number of benzene rings is 2. The van der Waals surface area contributed by atoms with Crippen molar-refractivity contribution >= 4 is 22.7 Å². The van der Waals surface area contributed by atoms with Gasteiger partial charge in [-0.3, -0.25) is 0 Å². The summed E-state index contributed by atoms with van der Waals surface area (Å²) in [5.74, 6) is 1.44. The highest BCUT2D eigenvalue weighted by molar-refractivity contribution is 5.90. The van der Waals surface area contributed by atoms with Gasteiger partial charge in [0.15, 0.2) is 0 Å². The Bertz CT molecular complexity index is 792. The van der Waals surface area contributed by atoms with E-state index in [0.717, 1.165) is 16.7 Å². The van der Waals surface area contributed by atoms with E-state index in [4.69, 9.17) is 4.74 Å². The van der Waals surface area contributed by atoms with Crippen molar-refractivity contribution in [3.05, 3.63) is 60.2 Å². The van der Waals surface area contributed by atoms with Crippen LogP contribution in [0.1, 0.15) is 18.5 Å². The minimum atomic E-state index is 0.149. The lowest BCUT2D eigenvalue weighted by Gasteiger charge is -2.17. The largest absolute Gasteiger partial charge is 0.383 e. The molecular weight excluding hydrogens is 300 g/mol. The molecule has 1 aromatic heterocycles. The molecule has 24 heavy (non-hydrogen) atoms. The van der Waals surface area contributed by atoms with Crippen LogP contribution in [0.2, 0.25) is 0 Å². The first-order valence-electron chi connectivity index (χ1n) is 8.09. The van der Waals surface area contributed by atoms with E-state index < -0.39 is 0 Å². The van der Waals surface area contributed by atoms with Crippen molar-refractivity contribution < 1.29 is 4.74 Å². The zero-order chi connectivity index (χ0) is 16.8. The number of para-hydroxylation sites is 1. The second-order valence-corrected chi connectivity index (χ2v) is 5.61. The normalized spacial score (nSPS) is 12.1. The molecule has 124 valence electrons. The third-order valence-corrected chi connectivity index (χ3v) is 3.85. The Labute approximate surface area is 142 Å². The van der Waals surface area contributed by atoms with Crippen molar-refractivity contribution in [1.29, 1.82) is 0 Å². The van der Waals surface area contributed by atoms with Gasteiger partial charge < -0.3 is 15.4 Å². The maximum Gasteiger partial charge on any atom is 0.225 e. The van der Waals surface area contributed by atoms with Crippen LogP contribution in [0.5, 0.6) is 0 Å². The minimum absolute atomic E-state index is 0.149. The highest BCUT2D eigenvalue weighted by Crippen LogP contribution is 2.25. The molecule has 0 bridgehead atoms. The molecule has 0 saturated carbocycles. The van der Waals surface area contributed by atoms with Gasteiger partial charge in [0.1, 0.15) is 5.82 Å². The number of aromatic nitrogens is 2. The summed E-state index contributed by atoms with van der Waals surface area (Å²) in [6.07, 6.45) is 0. The standard InChI is InChI=1S/C19H22N4O/c1-14(15-8-4-3-5-9-15)21-18-16-10-6-7-11-17(16)22-19(23-18)20-12-13-24-2/h3-11,14H,12-13H2,1-2H3,(H2,20,21,22,23). The van der Waals surface area contributed by atoms with E-state index in [1.54, 1.807) is 7.11 Å². The number of ether oxygens (including phenoxy) is 1. The van der Waals surface area contributed by atoms with Crippen LogP contribution in [-0.2, 0) is 4.74 Å². The lowest BCUT2D eigenvalue weighted by Crippen LogP contribution is -2.13. The molecule has 1 heterocycles. The van der Waals surface area contributed by atoms with E-state index in [2.05, 4.69) is 39.7 Å². The zero-order valence-corrected chi connectivity index (χ0v) is 14.0. The number of methoxy groups -OCH3 is 1. The molecule has 0 radical (unpaired) electrons. The molecule has 2 aromatic carbocycles. The predicted octanol–water partition coefficient (Wildman–Crippen LogP) is 3.86. The quantitative estimate of drug-likeness (QED) is 0.647. The Morgan fingerprint density at radius 1 is 1.00 bits per heavy atom. The number of nitrogens with zero attached hydrogens (tertiary/aromatic N) is 2. The van der Waals surface area contributed by atoms with Crippen molar-refractivity contribution in [2.75, 3.05) is 30.9 Å². The summed E-state index contributed by atoms with van der Waals surface area (Å²) >= 11 is 0. The van der Waals surface area contributed by atoms with Crippen LogP contribution in [0.25, 0.3) is 10.9 Å². The van der Waals surface area contributed by atoms with Gasteiger partial charge in [0, 0.05) is 25.1 Å². The van der Waals surface area contributed by atoms with Gasteiger partial charge >= 0.3 is 0 Å². The molecule has 0 aliphatic rings. The fraction of sp³-hybridized carbons (Fsp3) is 0.263. The fourth-order valence-electron chi connectivity index (χ4n) is 2.56. The van der Waals surface area contributed by atoms with Crippen LogP contribution in [0.15, 0.2) is 54.6 Å². The molecule has 0 amide bonds. The molecule has 5 nitrogen and oxygen atoms in total. The van der Waals surface area contributed by atoms with E-state index in [1.165, 1.54) is 5.56 Å². The average molecular weight is 322 g/mol. The number of rotatable bonds is 7. The van der Waals surface area contributed by atoms with E-state index in [1.807, 2.05) is 42.5 Å². The molecule has 0 aliphatic carbocycles. The summed E-state index contributed by atoms with van der Waals surface area (Å²) in [6.45, 7) is 3.41. The lowest BCUT2D eigenvalue weighted by molar-refractivity contribution is 0.210. The van der Waals surface area contributed by atoms with Gasteiger partial charge in [0.2, 0.25) is 5.95 Å². The number of fused-ring (bicyclic) bond motifs is 1. The molecule has 0 fully saturated rings. The van der Waals surface area contributed by atoms with Crippen LogP contribution in [0, 0.1) is 0 Å². The summed E-state index contributed by atoms with van der Waals surface area (Å²) in [6, 6.07) is 18.5. The highest BCUT2D eigenvalue weighted by atomic mass is 16.5. The predicted molar refractivity (Wildman–Crippen MR) is 98.4 cm³/mol. The van der Waals surface area contributed by atoms with Crippen LogP contribution >= 0.6 is 0 Å². The first kappa shape index (κ1) is 16.2. The van der Waals surface area contributed by atoms with Crippen molar-refractivity contribution in [1.82, 2.24) is 9.97 Å². The van der Waals surface area contributed by atoms with Gasteiger partial charge in [0.05, 0.1) is 12.1 Å². The van der Waals surface area contributed by atoms with Gasteiger partial charge in [0.25, 0.3) is 0 Å². The van der Waals surface area contributed by atoms with Crippen molar-refractivity contribution in [2.45, 2.75) is 13.0 Å². The fourth-order valence-corrected chi connectivity index (χ4v) is 2.56. The van der Waals surface area contributed by atoms with E-state index >= 15 is 0 Å². The second-order valence-electron chi connectivity index (χ2n) is 5.61. The van der Waals surface area contributed by atoms with E-state index in [0.29, 0.717) is 19.1 Å². The van der Waals surface area contributed by atoms with Crippen molar-refractivity contribution in [3.8, 4) is 0 Å². The first-order chi connectivity index (χ1) is 11.8. The van der Waals surface area contributed by atoms with Crippen LogP contribution in [-0.4, -0.2) is 30.2 Å². The molecule has 1 unspecified atom stereocenters. The zero-order valence-electron chi connectivity index (χ0n) is 14.0. The summed E-state index contributed by atoms with van der Waals surface area (Å²) < 4.78 is 5.07. The monoisotopic (exact) mass is 322 g/mol. The molecule has 0 aliphatic heterocycles. The Hall–Kier alpha value is -2.66. The topological polar surface area (TPSA) is 59.1 Å². The molecular formula is C19H22N4O. The van der Waals surface area contributed by atoms with Gasteiger partial charge in [-0.1, -0.05) is 42.5 Å². The average Bonchev–Trinajstić information content (AvgIpc) is 2.63. The highest BCUT2D eigenvalue weighted by Gasteiger charge is 2.11. The SMILES string of the molecule is COCCNc1nc(NC(C)c2ccccc2)c2ccccc2n1. The minimum Gasteiger partial charge on any atom is -0.383 e. The second kappa shape index (κ2) is 7.75. The maximum atomic E-state index is 5.07. The summed E-state index contributed by atoms with van der Waals surface area (Å²) in [5.41, 5.74) is 2.13. The van der Waals surface area contributed by atoms with Crippen molar-refractivity contribution in [3.63, 3.8) is 0 Å². The van der Waals surface area contributed by atoms with E-state index in [9.17, 15) is 0 Å². The Kier molecular flexibility index (Phi) is 5.23. The summed E-state index contributed by atoms with van der Waals surface area (Å²) in [4.78, 5) is 9.22. The Morgan fingerprint density at radius 3 is 2.54 bits per heavy atom. The molecule has 1 atom stereocenters. The number of hydrogen-bond acceptors (Lipinski definition) is 5. The molecule has 0 saturated heterocycles. The Balaban J connectivity index is 1.90. The third-order valence-electron chi connectivity index (χ3n) is 3.85. The smallest absolute Gasteiger partial charge is 0.225 e. The van der Waals surface area contributed by atoms with Gasteiger partial charge in [-0.05, 0) is 24.6 Å². The molecule has 2 N–H and O–H groups in total. The number of hydrogen-bond donors (Lipinski definition) is 2. The number of anilines is 2. The molecule has 3 aromatic rings. The van der Waals surface area contributed by atoms with Crippen molar-refractivity contribution in [2.24, 2.45) is 0 Å².